The molecule has 6 heteroatoms. The second kappa shape index (κ2) is 5.32. The van der Waals surface area contributed by atoms with Gasteiger partial charge in [0.25, 0.3) is 0 Å². The number of hydrogen-bond acceptors (Lipinski definition) is 5. The predicted molar refractivity (Wildman–Crippen MR) is 75.9 cm³/mol. The van der Waals surface area contributed by atoms with Crippen molar-refractivity contribution >= 4 is 11.9 Å². The maximum Gasteiger partial charge on any atom is 0.233 e. The van der Waals surface area contributed by atoms with Crippen LogP contribution < -0.4 is 5.32 Å². The third-order valence-electron chi connectivity index (χ3n) is 2.59. The SMILES string of the molecule is Cc1nc(NC(=O)C(C)(C)C)nc(-c2ccncc2)n1. The van der Waals surface area contributed by atoms with Crippen molar-refractivity contribution in [3.05, 3.63) is 30.4 Å². The summed E-state index contributed by atoms with van der Waals surface area (Å²) in [4.78, 5) is 28.6. The van der Waals surface area contributed by atoms with E-state index < -0.39 is 5.41 Å². The molecule has 0 fully saturated rings. The summed E-state index contributed by atoms with van der Waals surface area (Å²) in [6, 6.07) is 3.62. The number of carbonyl (C=O) groups excluding carboxylic acids is 1. The standard InChI is InChI=1S/C14H17N5O/c1-9-16-11(10-5-7-15-8-6-10)18-13(17-9)19-12(20)14(2,3)4/h5-8H,1-4H3,(H,16,17,18,19,20). The number of rotatable bonds is 2. The van der Waals surface area contributed by atoms with Gasteiger partial charge in [-0.15, -0.1) is 0 Å². The van der Waals surface area contributed by atoms with Gasteiger partial charge in [-0.25, -0.2) is 4.98 Å². The van der Waals surface area contributed by atoms with Gasteiger partial charge in [0, 0.05) is 23.4 Å². The molecule has 2 heterocycles. The van der Waals surface area contributed by atoms with E-state index in [0.29, 0.717) is 11.6 Å². The van der Waals surface area contributed by atoms with Gasteiger partial charge in [-0.3, -0.25) is 15.1 Å². The minimum absolute atomic E-state index is 0.135. The minimum atomic E-state index is -0.503. The maximum atomic E-state index is 12.0. The quantitative estimate of drug-likeness (QED) is 0.905. The molecule has 2 aromatic rings. The van der Waals surface area contributed by atoms with Gasteiger partial charge in [-0.2, -0.15) is 9.97 Å². The Bertz CT molecular complexity index is 619. The van der Waals surface area contributed by atoms with Crippen molar-refractivity contribution in [3.63, 3.8) is 0 Å². The average Bonchev–Trinajstić information content (AvgIpc) is 2.38. The van der Waals surface area contributed by atoms with Crippen LogP contribution in [0.4, 0.5) is 5.95 Å². The number of nitrogens with zero attached hydrogens (tertiary/aromatic N) is 4. The van der Waals surface area contributed by atoms with Crippen LogP contribution >= 0.6 is 0 Å². The normalized spacial score (nSPS) is 11.2. The molecule has 20 heavy (non-hydrogen) atoms. The van der Waals surface area contributed by atoms with Crippen molar-refractivity contribution < 1.29 is 4.79 Å². The molecule has 0 unspecified atom stereocenters. The van der Waals surface area contributed by atoms with E-state index >= 15 is 0 Å². The van der Waals surface area contributed by atoms with Crippen molar-refractivity contribution in [2.24, 2.45) is 5.41 Å². The average molecular weight is 271 g/mol. The summed E-state index contributed by atoms with van der Waals surface area (Å²) in [5.41, 5.74) is 0.328. The summed E-state index contributed by atoms with van der Waals surface area (Å²) in [6.45, 7) is 7.26. The van der Waals surface area contributed by atoms with Crippen molar-refractivity contribution in [2.45, 2.75) is 27.7 Å². The number of carbonyl (C=O) groups is 1. The lowest BCUT2D eigenvalue weighted by Gasteiger charge is -2.16. The van der Waals surface area contributed by atoms with Crippen molar-refractivity contribution in [2.75, 3.05) is 5.32 Å². The highest BCUT2D eigenvalue weighted by Gasteiger charge is 2.22. The highest BCUT2D eigenvalue weighted by Crippen LogP contribution is 2.18. The molecule has 0 atom stereocenters. The van der Waals surface area contributed by atoms with Crippen molar-refractivity contribution in [1.82, 2.24) is 19.9 Å². The van der Waals surface area contributed by atoms with Crippen LogP contribution in [0.2, 0.25) is 0 Å². The molecule has 0 spiro atoms. The molecule has 1 amide bonds. The molecule has 0 aliphatic rings. The third kappa shape index (κ3) is 3.34. The van der Waals surface area contributed by atoms with Crippen LogP contribution in [0.3, 0.4) is 0 Å². The topological polar surface area (TPSA) is 80.7 Å². The van der Waals surface area contributed by atoms with E-state index in [4.69, 9.17) is 0 Å². The number of amides is 1. The predicted octanol–water partition coefficient (Wildman–Crippen LogP) is 2.23. The Morgan fingerprint density at radius 3 is 2.35 bits per heavy atom. The number of aromatic nitrogens is 4. The summed E-state index contributed by atoms with van der Waals surface area (Å²) < 4.78 is 0. The molecule has 0 saturated heterocycles. The first-order chi connectivity index (χ1) is 9.36. The summed E-state index contributed by atoms with van der Waals surface area (Å²) in [5.74, 6) is 1.20. The minimum Gasteiger partial charge on any atom is -0.294 e. The molecular formula is C14H17N5O. The molecule has 0 bridgehead atoms. The summed E-state index contributed by atoms with van der Waals surface area (Å²) in [5, 5.41) is 2.72. The van der Waals surface area contributed by atoms with Gasteiger partial charge in [0.15, 0.2) is 5.82 Å². The second-order valence-electron chi connectivity index (χ2n) is 5.47. The highest BCUT2D eigenvalue weighted by atomic mass is 16.2. The molecule has 104 valence electrons. The van der Waals surface area contributed by atoms with Gasteiger partial charge in [0.2, 0.25) is 11.9 Å². The van der Waals surface area contributed by atoms with Crippen LogP contribution in [0.25, 0.3) is 11.4 Å². The molecule has 0 aliphatic carbocycles. The Kier molecular flexibility index (Phi) is 3.74. The number of nitrogens with one attached hydrogen (secondary N) is 1. The Morgan fingerprint density at radius 1 is 1.10 bits per heavy atom. The van der Waals surface area contributed by atoms with Crippen LogP contribution in [-0.4, -0.2) is 25.8 Å². The van der Waals surface area contributed by atoms with Crippen LogP contribution in [0, 0.1) is 12.3 Å². The highest BCUT2D eigenvalue weighted by molar-refractivity contribution is 5.93. The molecule has 0 radical (unpaired) electrons. The third-order valence-corrected chi connectivity index (χ3v) is 2.59. The molecular weight excluding hydrogens is 254 g/mol. The van der Waals surface area contributed by atoms with E-state index in [-0.39, 0.29) is 11.9 Å². The van der Waals surface area contributed by atoms with Crippen LogP contribution in [0.5, 0.6) is 0 Å². The van der Waals surface area contributed by atoms with Crippen LogP contribution in [-0.2, 0) is 4.79 Å². The Labute approximate surface area is 117 Å². The first-order valence-electron chi connectivity index (χ1n) is 6.31. The second-order valence-corrected chi connectivity index (χ2v) is 5.47. The zero-order chi connectivity index (χ0) is 14.8. The summed E-state index contributed by atoms with van der Waals surface area (Å²) >= 11 is 0. The lowest BCUT2D eigenvalue weighted by Crippen LogP contribution is -2.28. The van der Waals surface area contributed by atoms with E-state index in [9.17, 15) is 4.79 Å². The summed E-state index contributed by atoms with van der Waals surface area (Å²) in [7, 11) is 0. The van der Waals surface area contributed by atoms with Gasteiger partial charge in [0.1, 0.15) is 5.82 Å². The fraction of sp³-hybridized carbons (Fsp3) is 0.357. The number of pyridine rings is 1. The monoisotopic (exact) mass is 271 g/mol. The Morgan fingerprint density at radius 2 is 1.75 bits per heavy atom. The van der Waals surface area contributed by atoms with Gasteiger partial charge < -0.3 is 0 Å². The molecule has 2 aromatic heterocycles. The number of hydrogen-bond donors (Lipinski definition) is 1. The van der Waals surface area contributed by atoms with Crippen molar-refractivity contribution in [3.8, 4) is 11.4 Å². The Hall–Kier alpha value is -2.37. The van der Waals surface area contributed by atoms with Gasteiger partial charge in [0.05, 0.1) is 0 Å². The van der Waals surface area contributed by atoms with E-state index in [1.807, 2.05) is 32.9 Å². The van der Waals surface area contributed by atoms with E-state index in [2.05, 4.69) is 25.3 Å². The largest absolute Gasteiger partial charge is 0.294 e. The first-order valence-corrected chi connectivity index (χ1v) is 6.31. The molecule has 6 nitrogen and oxygen atoms in total. The molecule has 0 aliphatic heterocycles. The molecule has 0 saturated carbocycles. The smallest absolute Gasteiger partial charge is 0.233 e. The zero-order valence-corrected chi connectivity index (χ0v) is 12.0. The maximum absolute atomic E-state index is 12.0. The lowest BCUT2D eigenvalue weighted by molar-refractivity contribution is -0.123. The van der Waals surface area contributed by atoms with Gasteiger partial charge in [-0.1, -0.05) is 20.8 Å². The fourth-order valence-corrected chi connectivity index (χ4v) is 1.46. The van der Waals surface area contributed by atoms with Crippen LogP contribution in [0.1, 0.15) is 26.6 Å². The number of aryl methyl sites for hydroxylation is 1. The van der Waals surface area contributed by atoms with E-state index in [0.717, 1.165) is 5.56 Å². The lowest BCUT2D eigenvalue weighted by atomic mass is 9.96. The van der Waals surface area contributed by atoms with Crippen molar-refractivity contribution in [1.29, 1.82) is 0 Å². The molecule has 1 N–H and O–H groups in total. The fourth-order valence-electron chi connectivity index (χ4n) is 1.46. The van der Waals surface area contributed by atoms with Gasteiger partial charge >= 0.3 is 0 Å². The zero-order valence-electron chi connectivity index (χ0n) is 12.0. The Balaban J connectivity index is 2.33. The van der Waals surface area contributed by atoms with E-state index in [1.54, 1.807) is 19.3 Å². The first kappa shape index (κ1) is 14.0. The van der Waals surface area contributed by atoms with E-state index in [1.165, 1.54) is 0 Å². The summed E-state index contributed by atoms with van der Waals surface area (Å²) in [6.07, 6.45) is 3.34. The van der Waals surface area contributed by atoms with Gasteiger partial charge in [-0.05, 0) is 19.1 Å². The molecule has 0 aromatic carbocycles. The molecule has 2 rings (SSSR count). The number of anilines is 1. The van der Waals surface area contributed by atoms with Crippen LogP contribution in [0.15, 0.2) is 24.5 Å².